The van der Waals surface area contributed by atoms with Gasteiger partial charge in [0, 0.05) is 45.8 Å². The molecule has 0 radical (unpaired) electrons. The van der Waals surface area contributed by atoms with Crippen molar-refractivity contribution >= 4 is 87.5 Å². The first-order valence-corrected chi connectivity index (χ1v) is 10.9. The third-order valence-corrected chi connectivity index (χ3v) is 7.61. The van der Waals surface area contributed by atoms with Crippen molar-refractivity contribution in [1.82, 2.24) is 0 Å². The Morgan fingerprint density at radius 3 is 2.30 bits per heavy atom. The van der Waals surface area contributed by atoms with Crippen molar-refractivity contribution in [2.45, 2.75) is 11.8 Å². The molecule has 0 bridgehead atoms. The predicted molar refractivity (Wildman–Crippen MR) is 119 cm³/mol. The Labute approximate surface area is 180 Å². The largest absolute Gasteiger partial charge is 0.289 e. The SMILES string of the molecule is Cc1cc(Cl)cc2c1C(=O)C(=c1c(=O)c3ccc(Br)c4c(Br)ccc1c43)S2. The van der Waals surface area contributed by atoms with Crippen LogP contribution in [0.2, 0.25) is 5.02 Å². The van der Waals surface area contributed by atoms with Crippen molar-refractivity contribution in [2.75, 3.05) is 0 Å². The molecule has 2 nitrogen and oxygen atoms in total. The molecule has 1 aliphatic heterocycles. The van der Waals surface area contributed by atoms with Gasteiger partial charge in [0.25, 0.3) is 0 Å². The number of hydrogen-bond donors (Lipinski definition) is 0. The highest BCUT2D eigenvalue weighted by Crippen LogP contribution is 2.44. The van der Waals surface area contributed by atoms with Crippen LogP contribution in [0.3, 0.4) is 0 Å². The minimum atomic E-state index is -0.104. The van der Waals surface area contributed by atoms with Crippen molar-refractivity contribution < 1.29 is 4.79 Å². The lowest BCUT2D eigenvalue weighted by Crippen LogP contribution is -2.23. The molecule has 132 valence electrons. The fourth-order valence-electron chi connectivity index (χ4n) is 3.81. The monoisotopic (exact) mass is 518 g/mol. The molecule has 1 aliphatic rings. The number of benzene rings is 3. The molecule has 0 fully saturated rings. The van der Waals surface area contributed by atoms with Crippen molar-refractivity contribution in [2.24, 2.45) is 0 Å². The van der Waals surface area contributed by atoms with Crippen molar-refractivity contribution in [3.63, 3.8) is 0 Å². The van der Waals surface area contributed by atoms with Crippen LogP contribution in [-0.2, 0) is 0 Å². The summed E-state index contributed by atoms with van der Waals surface area (Å²) in [6.07, 6.45) is 0. The van der Waals surface area contributed by atoms with E-state index in [1.54, 1.807) is 12.1 Å². The molecule has 0 saturated heterocycles. The van der Waals surface area contributed by atoms with E-state index >= 15 is 0 Å². The van der Waals surface area contributed by atoms with Crippen LogP contribution in [0, 0.1) is 6.92 Å². The maximum Gasteiger partial charge on any atom is 0.201 e. The number of Topliss-reactive ketones (excluding diaryl/α,β-unsaturated/α-hetero) is 1. The Balaban J connectivity index is 1.97. The Morgan fingerprint density at radius 1 is 0.926 bits per heavy atom. The average molecular weight is 521 g/mol. The maximum atomic E-state index is 13.3. The van der Waals surface area contributed by atoms with Crippen LogP contribution in [0.1, 0.15) is 15.9 Å². The standard InChI is InChI=1S/C21H9Br2ClO2S/c1-8-6-9(24)7-14-15(8)20(26)21(27-14)17-10-2-4-12(22)18-13(23)5-3-11(16(10)18)19(17)25/h2-7H,1H3. The molecule has 4 aromatic carbocycles. The van der Waals surface area contributed by atoms with E-state index in [1.165, 1.54) is 11.8 Å². The van der Waals surface area contributed by atoms with Gasteiger partial charge >= 0.3 is 0 Å². The summed E-state index contributed by atoms with van der Waals surface area (Å²) >= 11 is 14.7. The lowest BCUT2D eigenvalue weighted by molar-refractivity contribution is 0.105. The number of halogens is 3. The number of hydrogen-bond acceptors (Lipinski definition) is 3. The zero-order valence-electron chi connectivity index (χ0n) is 13.8. The van der Waals surface area contributed by atoms with E-state index in [1.807, 2.05) is 31.2 Å². The fraction of sp³-hybridized carbons (Fsp3) is 0.0476. The van der Waals surface area contributed by atoms with Gasteiger partial charge in [-0.25, -0.2) is 0 Å². The van der Waals surface area contributed by atoms with E-state index < -0.39 is 0 Å². The molecule has 5 rings (SSSR count). The Morgan fingerprint density at radius 2 is 1.59 bits per heavy atom. The third-order valence-electron chi connectivity index (χ3n) is 4.94. The Bertz CT molecular complexity index is 1420. The van der Waals surface area contributed by atoms with Crippen LogP contribution in [0.25, 0.3) is 26.5 Å². The highest BCUT2D eigenvalue weighted by molar-refractivity contribution is 9.11. The lowest BCUT2D eigenvalue weighted by atomic mass is 10.0. The van der Waals surface area contributed by atoms with Gasteiger partial charge in [0.05, 0.1) is 4.91 Å². The molecule has 0 N–H and O–H groups in total. The second-order valence-corrected chi connectivity index (χ2v) is 9.70. The Kier molecular flexibility index (Phi) is 3.96. The first-order chi connectivity index (χ1) is 12.9. The van der Waals surface area contributed by atoms with Gasteiger partial charge in [-0.15, -0.1) is 0 Å². The number of carbonyl (C=O) groups is 1. The summed E-state index contributed by atoms with van der Waals surface area (Å²) in [6, 6.07) is 11.1. The zero-order chi connectivity index (χ0) is 19.0. The zero-order valence-corrected chi connectivity index (χ0v) is 18.6. The Hall–Kier alpha value is -1.40. The first-order valence-electron chi connectivity index (χ1n) is 8.11. The molecule has 0 amide bonds. The predicted octanol–water partition coefficient (Wildman–Crippen LogP) is 6.09. The highest BCUT2D eigenvalue weighted by Gasteiger charge is 2.31. The minimum Gasteiger partial charge on any atom is -0.289 e. The molecule has 0 aliphatic carbocycles. The molecular weight excluding hydrogens is 512 g/mol. The smallest absolute Gasteiger partial charge is 0.201 e. The van der Waals surface area contributed by atoms with Crippen LogP contribution in [0.15, 0.2) is 55.0 Å². The molecule has 6 heteroatoms. The molecular formula is C21H9Br2ClO2S. The van der Waals surface area contributed by atoms with E-state index in [9.17, 15) is 9.59 Å². The highest BCUT2D eigenvalue weighted by atomic mass is 79.9. The van der Waals surface area contributed by atoms with E-state index in [0.29, 0.717) is 26.1 Å². The second-order valence-electron chi connectivity index (χ2n) is 6.50. The van der Waals surface area contributed by atoms with Gasteiger partial charge in [0.15, 0.2) is 5.43 Å². The minimum absolute atomic E-state index is 0.101. The summed E-state index contributed by atoms with van der Waals surface area (Å²) in [5.74, 6) is -0.101. The molecule has 0 atom stereocenters. The first kappa shape index (κ1) is 17.7. The lowest BCUT2D eigenvalue weighted by Gasteiger charge is -2.04. The quantitative estimate of drug-likeness (QED) is 0.281. The van der Waals surface area contributed by atoms with Crippen molar-refractivity contribution in [1.29, 1.82) is 0 Å². The summed E-state index contributed by atoms with van der Waals surface area (Å²) in [5.41, 5.74) is 1.37. The second kappa shape index (κ2) is 6.05. The number of carbonyl (C=O) groups excluding carboxylic acids is 1. The molecule has 0 spiro atoms. The number of thioether (sulfide) groups is 1. The van der Waals surface area contributed by atoms with Crippen molar-refractivity contribution in [3.05, 3.63) is 76.9 Å². The molecule has 1 heterocycles. The van der Waals surface area contributed by atoms with Crippen LogP contribution >= 0.6 is 55.2 Å². The maximum absolute atomic E-state index is 13.3. The molecule has 0 unspecified atom stereocenters. The molecule has 0 saturated carbocycles. The van der Waals surface area contributed by atoms with Gasteiger partial charge in [-0.3, -0.25) is 9.59 Å². The van der Waals surface area contributed by atoms with Gasteiger partial charge in [0.2, 0.25) is 5.78 Å². The molecule has 27 heavy (non-hydrogen) atoms. The van der Waals surface area contributed by atoms with Gasteiger partial charge in [0.1, 0.15) is 0 Å². The van der Waals surface area contributed by atoms with Crippen LogP contribution in [0.5, 0.6) is 0 Å². The van der Waals surface area contributed by atoms with Gasteiger partial charge in [-0.1, -0.05) is 61.3 Å². The summed E-state index contributed by atoms with van der Waals surface area (Å²) < 4.78 is 1.82. The van der Waals surface area contributed by atoms with E-state index in [-0.39, 0.29) is 11.2 Å². The summed E-state index contributed by atoms with van der Waals surface area (Å²) in [5, 5.41) is 4.34. The molecule has 4 aromatic rings. The van der Waals surface area contributed by atoms with Crippen LogP contribution in [0.4, 0.5) is 0 Å². The molecule has 0 aromatic heterocycles. The third kappa shape index (κ3) is 2.38. The number of aryl methyl sites for hydroxylation is 1. The van der Waals surface area contributed by atoms with Gasteiger partial charge < -0.3 is 0 Å². The summed E-state index contributed by atoms with van der Waals surface area (Å²) in [4.78, 5) is 27.7. The van der Waals surface area contributed by atoms with E-state index in [4.69, 9.17) is 11.6 Å². The summed E-state index contributed by atoms with van der Waals surface area (Å²) in [7, 11) is 0. The number of rotatable bonds is 0. The van der Waals surface area contributed by atoms with Gasteiger partial charge in [-0.05, 0) is 48.2 Å². The number of ketones is 1. The van der Waals surface area contributed by atoms with E-state index in [0.717, 1.165) is 35.6 Å². The fourth-order valence-corrected chi connectivity index (χ4v) is 6.76. The normalized spacial score (nSPS) is 15.9. The van der Waals surface area contributed by atoms with E-state index in [2.05, 4.69) is 31.9 Å². The van der Waals surface area contributed by atoms with Crippen LogP contribution in [-0.4, -0.2) is 5.78 Å². The van der Waals surface area contributed by atoms with Crippen LogP contribution < -0.4 is 10.6 Å². The topological polar surface area (TPSA) is 34.1 Å². The summed E-state index contributed by atoms with van der Waals surface area (Å²) in [6.45, 7) is 1.87. The number of fused-ring (bicyclic) bond motifs is 1. The van der Waals surface area contributed by atoms with Gasteiger partial charge in [-0.2, -0.15) is 0 Å². The van der Waals surface area contributed by atoms with Crippen molar-refractivity contribution in [3.8, 4) is 0 Å². The average Bonchev–Trinajstić information content (AvgIpc) is 3.07.